The van der Waals surface area contributed by atoms with Crippen LogP contribution in [-0.4, -0.2) is 25.3 Å². The molecule has 0 radical (unpaired) electrons. The summed E-state index contributed by atoms with van der Waals surface area (Å²) >= 11 is 0. The molecule has 1 heterocycles. The number of carbonyl (C=O) groups is 1. The van der Waals surface area contributed by atoms with Crippen molar-refractivity contribution in [3.05, 3.63) is 11.1 Å². The first-order chi connectivity index (χ1) is 7.77. The van der Waals surface area contributed by atoms with Gasteiger partial charge in [0.25, 0.3) is 0 Å². The number of Topliss-reactive ketones (excluding diaryl/α,β-unsaturated/α-hetero) is 1. The van der Waals surface area contributed by atoms with Gasteiger partial charge in [-0.05, 0) is 44.6 Å². The van der Waals surface area contributed by atoms with Crippen LogP contribution in [0.4, 0.5) is 0 Å². The molecule has 90 valence electrons. The smallest absolute Gasteiger partial charge is 0.159 e. The highest BCUT2D eigenvalue weighted by Crippen LogP contribution is 2.25. The highest BCUT2D eigenvalue weighted by molar-refractivity contribution is 5.98. The Morgan fingerprint density at radius 1 is 1.38 bits per heavy atom. The number of rotatable bonds is 4. The zero-order valence-corrected chi connectivity index (χ0v) is 9.96. The van der Waals surface area contributed by atoms with Crippen LogP contribution in [0.5, 0.6) is 0 Å². The minimum absolute atomic E-state index is 0.0360. The van der Waals surface area contributed by atoms with Gasteiger partial charge >= 0.3 is 0 Å². The number of carbonyl (C=O) groups excluding carboxylic acids is 1. The van der Waals surface area contributed by atoms with E-state index < -0.39 is 0 Å². The van der Waals surface area contributed by atoms with E-state index in [0.717, 1.165) is 37.9 Å². The van der Waals surface area contributed by atoms with Crippen LogP contribution in [0.2, 0.25) is 0 Å². The summed E-state index contributed by atoms with van der Waals surface area (Å²) in [6.45, 7) is 3.48. The third-order valence-electron chi connectivity index (χ3n) is 3.37. The van der Waals surface area contributed by atoms with Gasteiger partial charge in [0, 0.05) is 13.0 Å². The van der Waals surface area contributed by atoms with Crippen LogP contribution in [0.15, 0.2) is 11.1 Å². The molecule has 0 N–H and O–H groups in total. The van der Waals surface area contributed by atoms with E-state index in [9.17, 15) is 4.79 Å². The highest BCUT2D eigenvalue weighted by Gasteiger charge is 2.20. The van der Waals surface area contributed by atoms with Gasteiger partial charge in [0.15, 0.2) is 12.1 Å². The zero-order chi connectivity index (χ0) is 11.4. The second kappa shape index (κ2) is 5.60. The Labute approximate surface area is 96.8 Å². The molecule has 3 heteroatoms. The average molecular weight is 224 g/mol. The van der Waals surface area contributed by atoms with Crippen LogP contribution in [0.3, 0.4) is 0 Å². The molecule has 0 bridgehead atoms. The van der Waals surface area contributed by atoms with E-state index >= 15 is 0 Å². The molecule has 0 aromatic rings. The van der Waals surface area contributed by atoms with E-state index in [1.165, 1.54) is 12.0 Å². The summed E-state index contributed by atoms with van der Waals surface area (Å²) in [7, 11) is 0. The highest BCUT2D eigenvalue weighted by atomic mass is 16.7. The van der Waals surface area contributed by atoms with Gasteiger partial charge < -0.3 is 9.47 Å². The maximum atomic E-state index is 11.5. The molecule has 3 nitrogen and oxygen atoms in total. The first kappa shape index (κ1) is 11.8. The predicted molar refractivity (Wildman–Crippen MR) is 61.1 cm³/mol. The topological polar surface area (TPSA) is 35.5 Å². The largest absolute Gasteiger partial charge is 0.353 e. The third kappa shape index (κ3) is 2.92. The molecule has 0 aromatic heterocycles. The lowest BCUT2D eigenvalue weighted by Crippen LogP contribution is -2.23. The molecule has 0 amide bonds. The van der Waals surface area contributed by atoms with Crippen LogP contribution in [0.1, 0.15) is 45.4 Å². The molecular weight excluding hydrogens is 204 g/mol. The number of hydrogen-bond acceptors (Lipinski definition) is 3. The molecular formula is C13H20O3. The van der Waals surface area contributed by atoms with Crippen molar-refractivity contribution in [1.82, 2.24) is 0 Å². The summed E-state index contributed by atoms with van der Waals surface area (Å²) in [6.07, 6.45) is 5.67. The van der Waals surface area contributed by atoms with Crippen molar-refractivity contribution in [2.45, 2.75) is 51.7 Å². The molecule has 1 atom stereocenters. The van der Waals surface area contributed by atoms with Gasteiger partial charge in [-0.3, -0.25) is 4.79 Å². The van der Waals surface area contributed by atoms with E-state index in [-0.39, 0.29) is 6.29 Å². The Bertz CT molecular complexity index is 288. The predicted octanol–water partition coefficient (Wildman–Crippen LogP) is 2.60. The maximum Gasteiger partial charge on any atom is 0.159 e. The summed E-state index contributed by atoms with van der Waals surface area (Å²) in [5, 5.41) is 0. The molecule has 0 aromatic carbocycles. The van der Waals surface area contributed by atoms with Gasteiger partial charge in [-0.25, -0.2) is 0 Å². The second-order valence-electron chi connectivity index (χ2n) is 4.60. The lowest BCUT2D eigenvalue weighted by atomic mass is 10.1. The Balaban J connectivity index is 1.71. The molecule has 16 heavy (non-hydrogen) atoms. The quantitative estimate of drug-likeness (QED) is 0.736. The molecule has 2 rings (SSSR count). The van der Waals surface area contributed by atoms with Crippen molar-refractivity contribution < 1.29 is 14.3 Å². The van der Waals surface area contributed by atoms with Gasteiger partial charge in [0.2, 0.25) is 0 Å². The molecule has 1 unspecified atom stereocenters. The van der Waals surface area contributed by atoms with Crippen LogP contribution < -0.4 is 0 Å². The van der Waals surface area contributed by atoms with Gasteiger partial charge in [-0.2, -0.15) is 0 Å². The lowest BCUT2D eigenvalue weighted by molar-refractivity contribution is -0.161. The molecule has 0 saturated carbocycles. The van der Waals surface area contributed by atoms with E-state index in [2.05, 4.69) is 6.92 Å². The fourth-order valence-electron chi connectivity index (χ4n) is 2.33. The van der Waals surface area contributed by atoms with Crippen LogP contribution >= 0.6 is 0 Å². The molecule has 1 fully saturated rings. The summed E-state index contributed by atoms with van der Waals surface area (Å²) in [5.74, 6) is 0.311. The monoisotopic (exact) mass is 224 g/mol. The van der Waals surface area contributed by atoms with Gasteiger partial charge in [-0.1, -0.05) is 5.57 Å². The summed E-state index contributed by atoms with van der Waals surface area (Å²) in [6, 6.07) is 0. The van der Waals surface area contributed by atoms with E-state index in [1.54, 1.807) is 0 Å². The molecule has 2 aliphatic rings. The number of allylic oxidation sites excluding steroid dienone is 1. The Morgan fingerprint density at radius 3 is 2.88 bits per heavy atom. The van der Waals surface area contributed by atoms with Crippen LogP contribution in [0, 0.1) is 0 Å². The molecule has 0 spiro atoms. The SMILES string of the molecule is CC1=C(CCOC2CCCCO2)C(=O)CC1. The number of ether oxygens (including phenoxy) is 2. The first-order valence-corrected chi connectivity index (χ1v) is 6.22. The molecule has 1 aliphatic heterocycles. The Kier molecular flexibility index (Phi) is 4.13. The van der Waals surface area contributed by atoms with Crippen LogP contribution in [-0.2, 0) is 14.3 Å². The van der Waals surface area contributed by atoms with Gasteiger partial charge in [-0.15, -0.1) is 0 Å². The lowest BCUT2D eigenvalue weighted by Gasteiger charge is -2.22. The third-order valence-corrected chi connectivity index (χ3v) is 3.37. The van der Waals surface area contributed by atoms with Crippen LogP contribution in [0.25, 0.3) is 0 Å². The summed E-state index contributed by atoms with van der Waals surface area (Å²) in [4.78, 5) is 11.5. The van der Waals surface area contributed by atoms with E-state index in [0.29, 0.717) is 18.8 Å². The van der Waals surface area contributed by atoms with Crippen molar-refractivity contribution in [3.8, 4) is 0 Å². The summed E-state index contributed by atoms with van der Waals surface area (Å²) in [5.41, 5.74) is 2.24. The molecule has 1 saturated heterocycles. The second-order valence-corrected chi connectivity index (χ2v) is 4.60. The van der Waals surface area contributed by atoms with Crippen molar-refractivity contribution in [3.63, 3.8) is 0 Å². The first-order valence-electron chi connectivity index (χ1n) is 6.22. The normalized spacial score (nSPS) is 26.6. The minimum atomic E-state index is -0.0360. The van der Waals surface area contributed by atoms with E-state index in [4.69, 9.17) is 9.47 Å². The zero-order valence-electron chi connectivity index (χ0n) is 9.96. The van der Waals surface area contributed by atoms with Gasteiger partial charge in [0.05, 0.1) is 6.61 Å². The van der Waals surface area contributed by atoms with E-state index in [1.807, 2.05) is 0 Å². The fraction of sp³-hybridized carbons (Fsp3) is 0.769. The van der Waals surface area contributed by atoms with Crippen molar-refractivity contribution in [2.24, 2.45) is 0 Å². The minimum Gasteiger partial charge on any atom is -0.353 e. The summed E-state index contributed by atoms with van der Waals surface area (Å²) < 4.78 is 11.1. The van der Waals surface area contributed by atoms with Gasteiger partial charge in [0.1, 0.15) is 0 Å². The molecule has 1 aliphatic carbocycles. The van der Waals surface area contributed by atoms with Crippen molar-refractivity contribution >= 4 is 5.78 Å². The Morgan fingerprint density at radius 2 is 2.25 bits per heavy atom. The number of ketones is 1. The van der Waals surface area contributed by atoms with Crippen molar-refractivity contribution in [1.29, 1.82) is 0 Å². The maximum absolute atomic E-state index is 11.5. The standard InChI is InChI=1S/C13H20O3/c1-10-5-6-12(14)11(10)7-9-16-13-4-2-3-8-15-13/h13H,2-9H2,1H3. The van der Waals surface area contributed by atoms with Crippen molar-refractivity contribution in [2.75, 3.05) is 13.2 Å². The fourth-order valence-corrected chi connectivity index (χ4v) is 2.33. The average Bonchev–Trinajstić information content (AvgIpc) is 2.62. The number of hydrogen-bond donors (Lipinski definition) is 0. The Hall–Kier alpha value is -0.670.